The molecule has 1 heterocycles. The second-order valence-electron chi connectivity index (χ2n) is 7.95. The molecule has 1 N–H and O–H groups in total. The fourth-order valence-corrected chi connectivity index (χ4v) is 4.88. The number of para-hydroxylation sites is 1. The van der Waals surface area contributed by atoms with Gasteiger partial charge < -0.3 is 19.3 Å². The number of aliphatic imine (C=N–C) groups is 1. The molecule has 2 atom stereocenters. The van der Waals surface area contributed by atoms with Crippen LogP contribution in [0, 0.1) is 5.92 Å². The minimum atomic E-state index is -1.20. The summed E-state index contributed by atoms with van der Waals surface area (Å²) in [5, 5.41) is 10.6. The molecular formula is C26H25Cl2NO7. The van der Waals surface area contributed by atoms with Gasteiger partial charge in [-0.1, -0.05) is 47.5 Å². The summed E-state index contributed by atoms with van der Waals surface area (Å²) in [5.41, 5.74) is 1.39. The summed E-state index contributed by atoms with van der Waals surface area (Å²) in [6, 6.07) is 11.6. The van der Waals surface area contributed by atoms with E-state index < -0.39 is 29.7 Å². The largest absolute Gasteiger partial charge is 0.508 e. The van der Waals surface area contributed by atoms with Gasteiger partial charge in [-0.15, -0.1) is 0 Å². The Kier molecular flexibility index (Phi) is 9.12. The molecule has 0 aromatic heterocycles. The summed E-state index contributed by atoms with van der Waals surface area (Å²) >= 11 is 13.1. The number of rotatable bonds is 8. The molecule has 1 aliphatic rings. The third kappa shape index (κ3) is 5.71. The van der Waals surface area contributed by atoms with Gasteiger partial charge >= 0.3 is 17.9 Å². The fraction of sp³-hybridized carbons (Fsp3) is 0.308. The smallest absolute Gasteiger partial charge is 0.336 e. The van der Waals surface area contributed by atoms with Crippen molar-refractivity contribution in [3.8, 4) is 5.75 Å². The van der Waals surface area contributed by atoms with Crippen molar-refractivity contribution in [2.24, 2.45) is 10.9 Å². The zero-order chi connectivity index (χ0) is 26.4. The molecule has 0 fully saturated rings. The summed E-state index contributed by atoms with van der Waals surface area (Å²) < 4.78 is 14.9. The van der Waals surface area contributed by atoms with Crippen LogP contribution in [-0.2, 0) is 35.0 Å². The number of carbonyl (C=O) groups is 3. The molecule has 0 spiro atoms. The maximum atomic E-state index is 13.2. The molecule has 10 heteroatoms. The lowest BCUT2D eigenvalue weighted by molar-refractivity contribution is -0.143. The first-order chi connectivity index (χ1) is 17.2. The van der Waals surface area contributed by atoms with Gasteiger partial charge in [0.1, 0.15) is 11.7 Å². The van der Waals surface area contributed by atoms with Crippen molar-refractivity contribution in [2.45, 2.75) is 25.2 Å². The van der Waals surface area contributed by atoms with Crippen LogP contribution in [0.4, 0.5) is 0 Å². The lowest BCUT2D eigenvalue weighted by Crippen LogP contribution is -2.38. The maximum absolute atomic E-state index is 13.2. The number of phenols is 1. The number of hydrogen-bond acceptors (Lipinski definition) is 8. The quantitative estimate of drug-likeness (QED) is 0.388. The molecule has 3 rings (SSSR count). The van der Waals surface area contributed by atoms with Gasteiger partial charge in [0, 0.05) is 21.7 Å². The highest BCUT2D eigenvalue weighted by molar-refractivity contribution is 6.36. The van der Waals surface area contributed by atoms with Crippen LogP contribution in [0.25, 0.3) is 0 Å². The predicted octanol–water partition coefficient (Wildman–Crippen LogP) is 4.65. The molecule has 0 aliphatic carbocycles. The minimum absolute atomic E-state index is 0.0620. The van der Waals surface area contributed by atoms with Crippen LogP contribution in [0.5, 0.6) is 5.75 Å². The predicted molar refractivity (Wildman–Crippen MR) is 134 cm³/mol. The van der Waals surface area contributed by atoms with Gasteiger partial charge in [0.2, 0.25) is 0 Å². The Hall–Kier alpha value is -3.36. The Morgan fingerprint density at radius 3 is 2.17 bits per heavy atom. The lowest BCUT2D eigenvalue weighted by Gasteiger charge is -2.33. The highest BCUT2D eigenvalue weighted by Gasteiger charge is 2.46. The lowest BCUT2D eigenvalue weighted by atomic mass is 9.74. The second kappa shape index (κ2) is 12.1. The van der Waals surface area contributed by atoms with E-state index in [1.807, 2.05) is 0 Å². The Balaban J connectivity index is 2.28. The van der Waals surface area contributed by atoms with Gasteiger partial charge in [-0.25, -0.2) is 4.79 Å². The van der Waals surface area contributed by atoms with Crippen LogP contribution in [0.15, 0.2) is 58.7 Å². The van der Waals surface area contributed by atoms with Crippen molar-refractivity contribution < 1.29 is 33.7 Å². The SMILES string of the molecule is COC(=O)CC1=NC(CCc2ccccc2O)=C(C(=O)OC)C(c2c(Cl)cccc2Cl)C1C(=O)OC. The number of phenolic OH excluding ortho intramolecular Hbond substituents is 1. The second-order valence-corrected chi connectivity index (χ2v) is 8.76. The molecule has 2 aromatic rings. The van der Waals surface area contributed by atoms with Crippen molar-refractivity contribution in [1.82, 2.24) is 0 Å². The zero-order valence-corrected chi connectivity index (χ0v) is 21.4. The fourth-order valence-electron chi connectivity index (χ4n) is 4.25. The molecule has 0 saturated heterocycles. The summed E-state index contributed by atoms with van der Waals surface area (Å²) in [6.07, 6.45) is 0.159. The number of carbonyl (C=O) groups excluding carboxylic acids is 3. The summed E-state index contributed by atoms with van der Waals surface area (Å²) in [7, 11) is 3.62. The van der Waals surface area contributed by atoms with Gasteiger partial charge in [-0.05, 0) is 42.2 Å². The van der Waals surface area contributed by atoms with Gasteiger partial charge in [0.25, 0.3) is 0 Å². The molecule has 36 heavy (non-hydrogen) atoms. The number of ether oxygens (including phenoxy) is 3. The molecule has 190 valence electrons. The molecule has 1 aliphatic heterocycles. The number of esters is 3. The molecule has 0 saturated carbocycles. The van der Waals surface area contributed by atoms with E-state index in [0.29, 0.717) is 17.5 Å². The first-order valence-corrected chi connectivity index (χ1v) is 11.7. The molecule has 0 bridgehead atoms. The van der Waals surface area contributed by atoms with Gasteiger partial charge in [-0.3, -0.25) is 14.6 Å². The average molecular weight is 534 g/mol. The van der Waals surface area contributed by atoms with E-state index in [-0.39, 0.29) is 45.6 Å². The Morgan fingerprint density at radius 1 is 0.917 bits per heavy atom. The van der Waals surface area contributed by atoms with Crippen LogP contribution in [0.1, 0.15) is 29.9 Å². The van der Waals surface area contributed by atoms with E-state index in [0.717, 1.165) is 0 Å². The van der Waals surface area contributed by atoms with Gasteiger partial charge in [0.15, 0.2) is 0 Å². The molecule has 8 nitrogen and oxygen atoms in total. The third-order valence-corrected chi connectivity index (χ3v) is 6.60. The summed E-state index contributed by atoms with van der Waals surface area (Å²) in [4.78, 5) is 43.1. The number of aromatic hydroxyl groups is 1. The molecule has 2 unspecified atom stereocenters. The number of benzene rings is 2. The van der Waals surface area contributed by atoms with Gasteiger partial charge in [0.05, 0.1) is 39.0 Å². The van der Waals surface area contributed by atoms with E-state index in [1.54, 1.807) is 42.5 Å². The molecule has 0 radical (unpaired) electrons. The molecular weight excluding hydrogens is 509 g/mol. The number of aryl methyl sites for hydroxylation is 1. The molecule has 2 aromatic carbocycles. The van der Waals surface area contributed by atoms with Crippen LogP contribution in [-0.4, -0.2) is 50.1 Å². The van der Waals surface area contributed by atoms with E-state index >= 15 is 0 Å². The topological polar surface area (TPSA) is 111 Å². The number of hydrogen-bond donors (Lipinski definition) is 1. The normalized spacial score (nSPS) is 17.3. The Bertz CT molecular complexity index is 1220. The van der Waals surface area contributed by atoms with Crippen molar-refractivity contribution in [3.63, 3.8) is 0 Å². The van der Waals surface area contributed by atoms with E-state index in [4.69, 9.17) is 37.4 Å². The van der Waals surface area contributed by atoms with E-state index in [1.165, 1.54) is 21.3 Å². The van der Waals surface area contributed by atoms with Crippen LogP contribution < -0.4 is 0 Å². The van der Waals surface area contributed by atoms with Crippen molar-refractivity contribution >= 4 is 46.8 Å². The number of halogens is 2. The highest BCUT2D eigenvalue weighted by atomic mass is 35.5. The standard InChI is InChI=1S/C26H25Cl2NO7/c1-34-20(31)13-18-23(26(33)36-3)24(21-15(27)8-6-9-16(21)28)22(25(32)35-2)17(29-18)12-11-14-7-4-5-10-19(14)30/h4-10,23-24,30H,11-13H2,1-3H3. The zero-order valence-electron chi connectivity index (χ0n) is 19.9. The monoisotopic (exact) mass is 533 g/mol. The summed E-state index contributed by atoms with van der Waals surface area (Å²) in [5.74, 6) is -4.27. The van der Waals surface area contributed by atoms with E-state index in [9.17, 15) is 19.5 Å². The first kappa shape index (κ1) is 27.2. The first-order valence-electron chi connectivity index (χ1n) is 11.0. The number of allylic oxidation sites excluding steroid dienone is 1. The molecule has 0 amide bonds. The number of nitrogens with zero attached hydrogens (tertiary/aromatic N) is 1. The minimum Gasteiger partial charge on any atom is -0.508 e. The summed E-state index contributed by atoms with van der Waals surface area (Å²) in [6.45, 7) is 0. The van der Waals surface area contributed by atoms with Gasteiger partial charge in [-0.2, -0.15) is 0 Å². The van der Waals surface area contributed by atoms with Crippen molar-refractivity contribution in [2.75, 3.05) is 21.3 Å². The van der Waals surface area contributed by atoms with Crippen LogP contribution in [0.3, 0.4) is 0 Å². The van der Waals surface area contributed by atoms with Crippen LogP contribution in [0.2, 0.25) is 10.0 Å². The van der Waals surface area contributed by atoms with Crippen LogP contribution >= 0.6 is 23.2 Å². The maximum Gasteiger partial charge on any atom is 0.336 e. The van der Waals surface area contributed by atoms with Crippen molar-refractivity contribution in [3.05, 3.63) is 74.9 Å². The Morgan fingerprint density at radius 2 is 1.58 bits per heavy atom. The van der Waals surface area contributed by atoms with E-state index in [2.05, 4.69) is 4.99 Å². The highest BCUT2D eigenvalue weighted by Crippen LogP contribution is 2.46. The Labute approximate surface area is 218 Å². The average Bonchev–Trinajstić information content (AvgIpc) is 2.87. The van der Waals surface area contributed by atoms with Crippen molar-refractivity contribution in [1.29, 1.82) is 0 Å². The third-order valence-electron chi connectivity index (χ3n) is 5.94. The number of methoxy groups -OCH3 is 3.